The Bertz CT molecular complexity index is 810. The molecule has 0 aliphatic rings. The number of carbonyl (C=O) groups excluding carboxylic acids is 2. The molecule has 0 aliphatic heterocycles. The van der Waals surface area contributed by atoms with E-state index >= 15 is 0 Å². The maximum Gasteiger partial charge on any atom is 0.261 e. The number of ether oxygens (including phenoxy) is 1. The maximum absolute atomic E-state index is 13.7. The first-order chi connectivity index (χ1) is 13.3. The summed E-state index contributed by atoms with van der Waals surface area (Å²) in [6.07, 6.45) is 0. The number of hydrogen-bond donors (Lipinski definition) is 1. The second-order valence-corrected chi connectivity index (χ2v) is 6.71. The number of halogens is 2. The molecule has 2 rings (SSSR count). The average Bonchev–Trinajstić information content (AvgIpc) is 2.65. The van der Waals surface area contributed by atoms with Gasteiger partial charge in [0.25, 0.3) is 5.91 Å². The minimum atomic E-state index is -0.788. The fourth-order valence-electron chi connectivity index (χ4n) is 2.56. The van der Waals surface area contributed by atoms with E-state index in [9.17, 15) is 18.4 Å². The molecule has 0 saturated carbocycles. The maximum atomic E-state index is 13.7. The first kappa shape index (κ1) is 21.3. The first-order valence-corrected chi connectivity index (χ1v) is 8.99. The Morgan fingerprint density at radius 2 is 1.68 bits per heavy atom. The van der Waals surface area contributed by atoms with Gasteiger partial charge < -0.3 is 15.0 Å². The fraction of sp³-hybridized carbons (Fsp3) is 0.333. The molecule has 0 saturated heterocycles. The van der Waals surface area contributed by atoms with Crippen molar-refractivity contribution < 1.29 is 23.1 Å². The molecule has 0 aromatic heterocycles. The summed E-state index contributed by atoms with van der Waals surface area (Å²) in [5, 5.41) is 2.76. The van der Waals surface area contributed by atoms with Gasteiger partial charge in [-0.05, 0) is 50.6 Å². The third-order valence-corrected chi connectivity index (χ3v) is 4.05. The summed E-state index contributed by atoms with van der Waals surface area (Å²) in [5.74, 6) is -1.83. The van der Waals surface area contributed by atoms with Gasteiger partial charge in [0, 0.05) is 12.6 Å². The normalized spacial score (nSPS) is 11.8. The zero-order valence-corrected chi connectivity index (χ0v) is 16.1. The van der Waals surface area contributed by atoms with Gasteiger partial charge >= 0.3 is 0 Å². The summed E-state index contributed by atoms with van der Waals surface area (Å²) in [7, 11) is 0. The van der Waals surface area contributed by atoms with Crippen LogP contribution in [-0.4, -0.2) is 35.4 Å². The Hall–Kier alpha value is -2.96. The highest BCUT2D eigenvalue weighted by Gasteiger charge is 2.27. The van der Waals surface area contributed by atoms with Gasteiger partial charge in [-0.2, -0.15) is 0 Å². The molecule has 0 aliphatic carbocycles. The molecular weight excluding hydrogens is 366 g/mol. The lowest BCUT2D eigenvalue weighted by Gasteiger charge is -2.29. The Balaban J connectivity index is 2.15. The van der Waals surface area contributed by atoms with Crippen molar-refractivity contribution in [1.29, 1.82) is 0 Å². The van der Waals surface area contributed by atoms with Crippen LogP contribution in [0.1, 0.15) is 26.3 Å². The third-order valence-electron chi connectivity index (χ3n) is 4.05. The summed E-state index contributed by atoms with van der Waals surface area (Å²) in [4.78, 5) is 26.5. The SMILES string of the molecule is CC(C)NC(=O)[C@@H](C)N(Cc1ccc(F)cc1)C(=O)COc1ccccc1F. The van der Waals surface area contributed by atoms with E-state index in [0.29, 0.717) is 5.56 Å². The lowest BCUT2D eigenvalue weighted by atomic mass is 10.1. The van der Waals surface area contributed by atoms with Crippen LogP contribution in [0.5, 0.6) is 5.75 Å². The zero-order chi connectivity index (χ0) is 20.7. The quantitative estimate of drug-likeness (QED) is 0.753. The van der Waals surface area contributed by atoms with E-state index in [-0.39, 0.29) is 24.2 Å². The monoisotopic (exact) mass is 390 g/mol. The summed E-state index contributed by atoms with van der Waals surface area (Å²) in [6.45, 7) is 4.90. The van der Waals surface area contributed by atoms with E-state index < -0.39 is 30.2 Å². The summed E-state index contributed by atoms with van der Waals surface area (Å²) >= 11 is 0. The largest absolute Gasteiger partial charge is 0.481 e. The van der Waals surface area contributed by atoms with Gasteiger partial charge in [-0.1, -0.05) is 24.3 Å². The highest BCUT2D eigenvalue weighted by molar-refractivity contribution is 5.88. The third kappa shape index (κ3) is 6.04. The number of nitrogens with zero attached hydrogens (tertiary/aromatic N) is 1. The van der Waals surface area contributed by atoms with E-state index in [0.717, 1.165) is 0 Å². The van der Waals surface area contributed by atoms with Crippen molar-refractivity contribution >= 4 is 11.8 Å². The van der Waals surface area contributed by atoms with E-state index in [2.05, 4.69) is 5.32 Å². The van der Waals surface area contributed by atoms with E-state index in [1.165, 1.54) is 35.2 Å². The Morgan fingerprint density at radius 1 is 1.04 bits per heavy atom. The van der Waals surface area contributed by atoms with Gasteiger partial charge in [-0.15, -0.1) is 0 Å². The highest BCUT2D eigenvalue weighted by Crippen LogP contribution is 2.16. The van der Waals surface area contributed by atoms with E-state index in [1.807, 2.05) is 13.8 Å². The molecular formula is C21H24F2N2O3. The number of carbonyl (C=O) groups is 2. The minimum absolute atomic E-state index is 0.0446. The highest BCUT2D eigenvalue weighted by atomic mass is 19.1. The number of benzene rings is 2. The van der Waals surface area contributed by atoms with Crippen LogP contribution in [-0.2, 0) is 16.1 Å². The van der Waals surface area contributed by atoms with Crippen molar-refractivity contribution in [3.8, 4) is 5.75 Å². The van der Waals surface area contributed by atoms with Crippen LogP contribution in [0.4, 0.5) is 8.78 Å². The second-order valence-electron chi connectivity index (χ2n) is 6.71. The molecule has 5 nitrogen and oxygen atoms in total. The van der Waals surface area contributed by atoms with Crippen LogP contribution in [0.3, 0.4) is 0 Å². The van der Waals surface area contributed by atoms with Crippen molar-refractivity contribution in [3.63, 3.8) is 0 Å². The van der Waals surface area contributed by atoms with Crippen LogP contribution >= 0.6 is 0 Å². The molecule has 0 fully saturated rings. The lowest BCUT2D eigenvalue weighted by Crippen LogP contribution is -2.50. The van der Waals surface area contributed by atoms with Crippen LogP contribution < -0.4 is 10.1 Å². The predicted octanol–water partition coefficient (Wildman–Crippen LogP) is 3.29. The Kier molecular flexibility index (Phi) is 7.49. The van der Waals surface area contributed by atoms with Gasteiger partial charge in [-0.25, -0.2) is 8.78 Å². The van der Waals surface area contributed by atoms with Crippen molar-refractivity contribution in [2.24, 2.45) is 0 Å². The Morgan fingerprint density at radius 3 is 2.29 bits per heavy atom. The van der Waals surface area contributed by atoms with Crippen LogP contribution in [0.2, 0.25) is 0 Å². The molecule has 28 heavy (non-hydrogen) atoms. The second kappa shape index (κ2) is 9.82. The number of hydrogen-bond acceptors (Lipinski definition) is 3. The van der Waals surface area contributed by atoms with E-state index in [1.54, 1.807) is 25.1 Å². The van der Waals surface area contributed by atoms with Crippen LogP contribution in [0, 0.1) is 11.6 Å². The molecule has 0 radical (unpaired) electrons. The first-order valence-electron chi connectivity index (χ1n) is 8.99. The molecule has 0 heterocycles. The number of para-hydroxylation sites is 1. The van der Waals surface area contributed by atoms with Gasteiger partial charge in [-0.3, -0.25) is 9.59 Å². The topological polar surface area (TPSA) is 58.6 Å². The zero-order valence-electron chi connectivity index (χ0n) is 16.1. The smallest absolute Gasteiger partial charge is 0.261 e. The molecule has 2 aromatic carbocycles. The van der Waals surface area contributed by atoms with Gasteiger partial charge in [0.15, 0.2) is 18.2 Å². The van der Waals surface area contributed by atoms with Crippen LogP contribution in [0.25, 0.3) is 0 Å². The molecule has 7 heteroatoms. The summed E-state index contributed by atoms with van der Waals surface area (Å²) in [6, 6.07) is 10.5. The van der Waals surface area contributed by atoms with E-state index in [4.69, 9.17) is 4.74 Å². The standard InChI is InChI=1S/C21H24F2N2O3/c1-14(2)24-21(27)15(3)25(12-16-8-10-17(22)11-9-16)20(26)13-28-19-7-5-4-6-18(19)23/h4-11,14-15H,12-13H2,1-3H3,(H,24,27)/t15-/m1/s1. The van der Waals surface area contributed by atoms with Crippen molar-refractivity contribution in [2.75, 3.05) is 6.61 Å². The molecule has 0 spiro atoms. The summed E-state index contributed by atoms with van der Waals surface area (Å²) in [5.41, 5.74) is 0.657. The molecule has 0 unspecified atom stereocenters. The van der Waals surface area contributed by atoms with Crippen molar-refractivity contribution in [2.45, 2.75) is 39.4 Å². The average molecular weight is 390 g/mol. The van der Waals surface area contributed by atoms with Gasteiger partial charge in [0.05, 0.1) is 0 Å². The fourth-order valence-corrected chi connectivity index (χ4v) is 2.56. The number of rotatable bonds is 8. The molecule has 1 N–H and O–H groups in total. The van der Waals surface area contributed by atoms with Crippen molar-refractivity contribution in [3.05, 3.63) is 65.7 Å². The molecule has 0 bridgehead atoms. The predicted molar refractivity (Wildman–Crippen MR) is 102 cm³/mol. The molecule has 1 atom stereocenters. The van der Waals surface area contributed by atoms with Crippen molar-refractivity contribution in [1.82, 2.24) is 10.2 Å². The molecule has 2 amide bonds. The molecule has 2 aromatic rings. The van der Waals surface area contributed by atoms with Gasteiger partial charge in [0.1, 0.15) is 11.9 Å². The number of nitrogens with one attached hydrogen (secondary N) is 1. The Labute approximate surface area is 163 Å². The number of amides is 2. The van der Waals surface area contributed by atoms with Crippen LogP contribution in [0.15, 0.2) is 48.5 Å². The minimum Gasteiger partial charge on any atom is -0.481 e. The molecule has 150 valence electrons. The summed E-state index contributed by atoms with van der Waals surface area (Å²) < 4.78 is 32.2. The van der Waals surface area contributed by atoms with Gasteiger partial charge in [0.2, 0.25) is 5.91 Å². The lowest BCUT2D eigenvalue weighted by molar-refractivity contribution is -0.142.